The lowest BCUT2D eigenvalue weighted by atomic mass is 9.90. The van der Waals surface area contributed by atoms with Crippen LogP contribution in [-0.4, -0.2) is 34.1 Å². The molecule has 0 radical (unpaired) electrons. The zero-order valence-corrected chi connectivity index (χ0v) is 12.9. The molecule has 1 aliphatic carbocycles. The van der Waals surface area contributed by atoms with Crippen LogP contribution in [0.3, 0.4) is 0 Å². The average molecular weight is 303 g/mol. The molecule has 1 N–H and O–H groups in total. The van der Waals surface area contributed by atoms with Crippen LogP contribution in [0.2, 0.25) is 0 Å². The highest BCUT2D eigenvalue weighted by atomic mass is 19.1. The van der Waals surface area contributed by atoms with E-state index in [1.165, 1.54) is 12.1 Å². The second-order valence-electron chi connectivity index (χ2n) is 6.44. The summed E-state index contributed by atoms with van der Waals surface area (Å²) in [4.78, 5) is 14.0. The highest BCUT2D eigenvalue weighted by Gasteiger charge is 2.58. The molecule has 4 heteroatoms. The van der Waals surface area contributed by atoms with Crippen molar-refractivity contribution in [2.75, 3.05) is 6.54 Å². The minimum absolute atomic E-state index is 0.0342. The molecule has 0 spiro atoms. The van der Waals surface area contributed by atoms with Gasteiger partial charge in [0.2, 0.25) is 0 Å². The molecule has 1 saturated carbocycles. The molecule has 3 nitrogen and oxygen atoms in total. The summed E-state index contributed by atoms with van der Waals surface area (Å²) in [6, 6.07) is 6.60. The zero-order valence-electron chi connectivity index (χ0n) is 12.9. The van der Waals surface area contributed by atoms with Crippen LogP contribution >= 0.6 is 0 Å². The molecule has 1 aromatic carbocycles. The van der Waals surface area contributed by atoms with Gasteiger partial charge in [-0.1, -0.05) is 32.1 Å². The number of likely N-dealkylation sites (tertiary alicyclic amines) is 1. The number of rotatable bonds is 5. The Morgan fingerprint density at radius 2 is 2.32 bits per heavy atom. The van der Waals surface area contributed by atoms with Crippen molar-refractivity contribution in [1.82, 2.24) is 4.90 Å². The number of hydrogen-bond donors (Lipinski definition) is 1. The third kappa shape index (κ3) is 2.26. The predicted octanol–water partition coefficient (Wildman–Crippen LogP) is 3.57. The van der Waals surface area contributed by atoms with Gasteiger partial charge in [0.25, 0.3) is 0 Å². The van der Waals surface area contributed by atoms with Crippen molar-refractivity contribution in [3.05, 3.63) is 47.8 Å². The van der Waals surface area contributed by atoms with Gasteiger partial charge in [-0.3, -0.25) is 9.69 Å². The molecular weight excluding hydrogens is 281 g/mol. The summed E-state index contributed by atoms with van der Waals surface area (Å²) in [7, 11) is 0. The van der Waals surface area contributed by atoms with Crippen LogP contribution in [0.25, 0.3) is 0 Å². The molecule has 1 aliphatic heterocycles. The van der Waals surface area contributed by atoms with E-state index in [0.717, 1.165) is 30.5 Å². The van der Waals surface area contributed by atoms with Crippen molar-refractivity contribution in [1.29, 1.82) is 0 Å². The van der Waals surface area contributed by atoms with E-state index in [1.54, 1.807) is 6.07 Å². The summed E-state index contributed by atoms with van der Waals surface area (Å²) in [5.41, 5.74) is 1.14. The number of carboxylic acids is 1. The highest BCUT2D eigenvalue weighted by molar-refractivity contribution is 5.79. The first-order chi connectivity index (χ1) is 10.5. The fourth-order valence-corrected chi connectivity index (χ4v) is 4.10. The Kier molecular flexibility index (Phi) is 3.81. The Morgan fingerprint density at radius 3 is 2.95 bits per heavy atom. The van der Waals surface area contributed by atoms with Crippen molar-refractivity contribution in [2.24, 2.45) is 0 Å². The van der Waals surface area contributed by atoms with E-state index in [2.05, 4.69) is 11.5 Å². The van der Waals surface area contributed by atoms with Gasteiger partial charge in [-0.15, -0.1) is 0 Å². The second kappa shape index (κ2) is 5.51. The van der Waals surface area contributed by atoms with Crippen LogP contribution in [0.5, 0.6) is 0 Å². The van der Waals surface area contributed by atoms with Gasteiger partial charge in [-0.2, -0.15) is 0 Å². The van der Waals surface area contributed by atoms with E-state index in [1.807, 2.05) is 13.0 Å². The molecule has 2 unspecified atom stereocenters. The van der Waals surface area contributed by atoms with Gasteiger partial charge in [0.15, 0.2) is 0 Å². The summed E-state index contributed by atoms with van der Waals surface area (Å²) in [6.07, 6.45) is 3.08. The molecule has 1 aromatic rings. The topological polar surface area (TPSA) is 40.5 Å². The van der Waals surface area contributed by atoms with E-state index < -0.39 is 11.5 Å². The normalized spacial score (nSPS) is 31.5. The van der Waals surface area contributed by atoms with Gasteiger partial charge >= 0.3 is 5.97 Å². The maximum Gasteiger partial charge on any atom is 0.324 e. The average Bonchev–Trinajstić information content (AvgIpc) is 2.94. The number of hydrogen-bond acceptors (Lipinski definition) is 2. The van der Waals surface area contributed by atoms with Crippen LogP contribution < -0.4 is 0 Å². The molecule has 1 heterocycles. The van der Waals surface area contributed by atoms with Gasteiger partial charge < -0.3 is 5.11 Å². The largest absolute Gasteiger partial charge is 0.480 e. The van der Waals surface area contributed by atoms with Crippen molar-refractivity contribution in [2.45, 2.75) is 50.1 Å². The number of halogens is 1. The molecule has 2 fully saturated rings. The Labute approximate surface area is 130 Å². The van der Waals surface area contributed by atoms with Gasteiger partial charge in [0, 0.05) is 12.0 Å². The summed E-state index contributed by atoms with van der Waals surface area (Å²) >= 11 is 0. The van der Waals surface area contributed by atoms with Gasteiger partial charge in [0.05, 0.1) is 0 Å². The molecule has 1 saturated heterocycles. The number of nitrogens with zero attached hydrogens (tertiary/aromatic N) is 1. The van der Waals surface area contributed by atoms with E-state index in [-0.39, 0.29) is 17.8 Å². The van der Waals surface area contributed by atoms with Crippen LogP contribution in [0, 0.1) is 5.82 Å². The quantitative estimate of drug-likeness (QED) is 0.845. The molecule has 0 aromatic heterocycles. The summed E-state index contributed by atoms with van der Waals surface area (Å²) in [6.45, 7) is 6.91. The van der Waals surface area contributed by atoms with Crippen molar-refractivity contribution < 1.29 is 14.3 Å². The molecule has 0 bridgehead atoms. The maximum absolute atomic E-state index is 13.5. The van der Waals surface area contributed by atoms with Crippen LogP contribution in [-0.2, 0) is 4.79 Å². The number of aliphatic carboxylic acids is 1. The number of benzene rings is 1. The molecule has 118 valence electrons. The lowest BCUT2D eigenvalue weighted by molar-refractivity contribution is -0.150. The van der Waals surface area contributed by atoms with Gasteiger partial charge in [0.1, 0.15) is 11.4 Å². The predicted molar refractivity (Wildman–Crippen MR) is 83.3 cm³/mol. The van der Waals surface area contributed by atoms with Crippen molar-refractivity contribution in [3.63, 3.8) is 0 Å². The van der Waals surface area contributed by atoms with Gasteiger partial charge in [-0.25, -0.2) is 4.39 Å². The molecular formula is C18H22FNO2. The molecule has 22 heavy (non-hydrogen) atoms. The smallest absolute Gasteiger partial charge is 0.324 e. The number of carbonyl (C=O) groups is 1. The SMILES string of the molecule is C=C1C(c2cccc(F)c2)C1N1CCC[C@]1(CCC)C(=O)O. The standard InChI is InChI=1S/C18H22FNO2/c1-3-8-18(17(21)22)9-5-10-20(18)16-12(2)15(16)13-6-4-7-14(19)11-13/h4,6-7,11,15-16H,2-3,5,8-10H2,1H3,(H,21,22)/t15?,16?,18-/m1/s1. The molecule has 3 atom stereocenters. The minimum atomic E-state index is -0.773. The first-order valence-electron chi connectivity index (χ1n) is 7.95. The van der Waals surface area contributed by atoms with Crippen LogP contribution in [0.4, 0.5) is 4.39 Å². The molecule has 2 aliphatic rings. The van der Waals surface area contributed by atoms with Crippen molar-refractivity contribution >= 4 is 5.97 Å². The Hall–Kier alpha value is -1.68. The third-order valence-electron chi connectivity index (χ3n) is 5.13. The van der Waals surface area contributed by atoms with E-state index in [4.69, 9.17) is 0 Å². The van der Waals surface area contributed by atoms with Gasteiger partial charge in [-0.05, 0) is 49.1 Å². The molecule has 3 rings (SSSR count). The first kappa shape index (κ1) is 15.2. The Balaban J connectivity index is 1.88. The Morgan fingerprint density at radius 1 is 1.55 bits per heavy atom. The third-order valence-corrected chi connectivity index (χ3v) is 5.13. The summed E-state index contributed by atoms with van der Waals surface area (Å²) in [5.74, 6) is -0.927. The van der Waals surface area contributed by atoms with Crippen LogP contribution in [0.1, 0.15) is 44.1 Å². The van der Waals surface area contributed by atoms with E-state index in [0.29, 0.717) is 12.8 Å². The van der Waals surface area contributed by atoms with Crippen molar-refractivity contribution in [3.8, 4) is 0 Å². The fourth-order valence-electron chi connectivity index (χ4n) is 4.10. The first-order valence-corrected chi connectivity index (χ1v) is 7.95. The summed E-state index contributed by atoms with van der Waals surface area (Å²) in [5, 5.41) is 9.80. The lowest BCUT2D eigenvalue weighted by Crippen LogP contribution is -2.51. The monoisotopic (exact) mass is 303 g/mol. The number of carboxylic acid groups (broad SMARTS) is 1. The zero-order chi connectivity index (χ0) is 15.9. The minimum Gasteiger partial charge on any atom is -0.480 e. The van der Waals surface area contributed by atoms with E-state index in [9.17, 15) is 14.3 Å². The lowest BCUT2D eigenvalue weighted by Gasteiger charge is -2.35. The van der Waals surface area contributed by atoms with Crippen LogP contribution in [0.15, 0.2) is 36.4 Å². The Bertz CT molecular complexity index is 615. The maximum atomic E-state index is 13.5. The summed E-state index contributed by atoms with van der Waals surface area (Å²) < 4.78 is 13.5. The fraction of sp³-hybridized carbons (Fsp3) is 0.500. The van der Waals surface area contributed by atoms with E-state index >= 15 is 0 Å². The second-order valence-corrected chi connectivity index (χ2v) is 6.44. The highest BCUT2D eigenvalue weighted by Crippen LogP contribution is 2.54. The molecule has 0 amide bonds.